The van der Waals surface area contributed by atoms with Crippen molar-refractivity contribution in [1.82, 2.24) is 5.16 Å². The van der Waals surface area contributed by atoms with E-state index in [1.54, 1.807) is 18.2 Å². The van der Waals surface area contributed by atoms with Gasteiger partial charge in [0.05, 0.1) is 22.2 Å². The molecule has 2 rings (SSSR count). The minimum atomic E-state index is 0.279. The summed E-state index contributed by atoms with van der Waals surface area (Å²) in [7, 11) is 0. The van der Waals surface area contributed by atoms with E-state index in [0.717, 1.165) is 0 Å². The van der Waals surface area contributed by atoms with E-state index in [1.165, 1.54) is 0 Å². The molecule has 0 radical (unpaired) electrons. The van der Waals surface area contributed by atoms with Crippen molar-refractivity contribution in [3.63, 3.8) is 0 Å². The van der Waals surface area contributed by atoms with Gasteiger partial charge in [-0.25, -0.2) is 0 Å². The smallest absolute Gasteiger partial charge is 0.175 e. The third-order valence-electron chi connectivity index (χ3n) is 2.68. The fraction of sp³-hybridized carbons (Fsp3) is 0.308. The molecule has 2 N–H and O–H groups in total. The zero-order valence-electron chi connectivity index (χ0n) is 10.5. The summed E-state index contributed by atoms with van der Waals surface area (Å²) in [5, 5.41) is 4.81. The normalized spacial score (nSPS) is 10.9. The van der Waals surface area contributed by atoms with Crippen molar-refractivity contribution < 1.29 is 9.26 Å². The second-order valence-electron chi connectivity index (χ2n) is 3.91. The third kappa shape index (κ3) is 3.03. The van der Waals surface area contributed by atoms with Crippen LogP contribution in [0.5, 0.6) is 0 Å². The highest BCUT2D eigenvalue weighted by atomic mass is 35.5. The number of benzene rings is 1. The summed E-state index contributed by atoms with van der Waals surface area (Å²) >= 11 is 12.4. The molecule has 1 heterocycles. The predicted molar refractivity (Wildman–Crippen MR) is 76.6 cm³/mol. The minimum absolute atomic E-state index is 0.279. The first-order valence-electron chi connectivity index (χ1n) is 5.91. The first kappa shape index (κ1) is 14.2. The molecule has 0 aliphatic carbocycles. The van der Waals surface area contributed by atoms with Gasteiger partial charge in [-0.2, -0.15) is 0 Å². The van der Waals surface area contributed by atoms with E-state index in [1.807, 2.05) is 6.92 Å². The maximum atomic E-state index is 6.19. The Kier molecular flexibility index (Phi) is 4.69. The summed E-state index contributed by atoms with van der Waals surface area (Å²) in [5.41, 5.74) is 7.15. The van der Waals surface area contributed by atoms with Crippen LogP contribution < -0.4 is 5.73 Å². The van der Waals surface area contributed by atoms with Gasteiger partial charge in [-0.3, -0.25) is 0 Å². The fourth-order valence-corrected chi connectivity index (χ4v) is 2.41. The van der Waals surface area contributed by atoms with Crippen LogP contribution in [0.15, 0.2) is 22.7 Å². The van der Waals surface area contributed by atoms with Gasteiger partial charge in [-0.05, 0) is 19.1 Å². The molecule has 19 heavy (non-hydrogen) atoms. The van der Waals surface area contributed by atoms with E-state index in [4.69, 9.17) is 38.2 Å². The van der Waals surface area contributed by atoms with Gasteiger partial charge < -0.3 is 15.0 Å². The highest BCUT2D eigenvalue weighted by Crippen LogP contribution is 2.39. The van der Waals surface area contributed by atoms with Gasteiger partial charge in [-0.1, -0.05) is 34.4 Å². The summed E-state index contributed by atoms with van der Waals surface area (Å²) in [4.78, 5) is 0. The zero-order valence-corrected chi connectivity index (χ0v) is 12.0. The number of nitrogen functional groups attached to an aromatic ring is 1. The maximum Gasteiger partial charge on any atom is 0.175 e. The van der Waals surface area contributed by atoms with Crippen LogP contribution in [0.25, 0.3) is 11.1 Å². The Hall–Kier alpha value is -1.23. The van der Waals surface area contributed by atoms with Crippen LogP contribution in [0, 0.1) is 0 Å². The lowest BCUT2D eigenvalue weighted by molar-refractivity contribution is 0.145. The van der Waals surface area contributed by atoms with Crippen LogP contribution in [-0.2, 0) is 11.2 Å². The molecule has 0 aliphatic rings. The van der Waals surface area contributed by atoms with E-state index in [9.17, 15) is 0 Å². The van der Waals surface area contributed by atoms with Gasteiger partial charge in [-0.15, -0.1) is 0 Å². The zero-order chi connectivity index (χ0) is 13.8. The fourth-order valence-electron chi connectivity index (χ4n) is 1.82. The van der Waals surface area contributed by atoms with Crippen molar-refractivity contribution in [3.8, 4) is 11.1 Å². The van der Waals surface area contributed by atoms with Crippen LogP contribution in [-0.4, -0.2) is 18.4 Å². The second-order valence-corrected chi connectivity index (χ2v) is 4.72. The lowest BCUT2D eigenvalue weighted by Gasteiger charge is -2.07. The monoisotopic (exact) mass is 300 g/mol. The molecule has 0 aliphatic heterocycles. The van der Waals surface area contributed by atoms with Crippen LogP contribution in [0.3, 0.4) is 0 Å². The quantitative estimate of drug-likeness (QED) is 0.853. The average Bonchev–Trinajstić information content (AvgIpc) is 2.72. The van der Waals surface area contributed by atoms with Crippen LogP contribution in [0.2, 0.25) is 10.0 Å². The Morgan fingerprint density at radius 3 is 2.58 bits per heavy atom. The number of hydrogen-bond donors (Lipinski definition) is 1. The van der Waals surface area contributed by atoms with Crippen LogP contribution in [0.1, 0.15) is 12.7 Å². The lowest BCUT2D eigenvalue weighted by atomic mass is 10.0. The Balaban J connectivity index is 2.41. The van der Waals surface area contributed by atoms with Crippen molar-refractivity contribution in [2.45, 2.75) is 13.3 Å². The molecule has 0 spiro atoms. The van der Waals surface area contributed by atoms with Gasteiger partial charge in [0.2, 0.25) is 0 Å². The van der Waals surface area contributed by atoms with Gasteiger partial charge in [0, 0.05) is 18.6 Å². The van der Waals surface area contributed by atoms with Gasteiger partial charge >= 0.3 is 0 Å². The van der Waals surface area contributed by atoms with E-state index < -0.39 is 0 Å². The Bertz CT molecular complexity index is 550. The number of nitrogens with zero attached hydrogens (tertiary/aromatic N) is 1. The third-order valence-corrected chi connectivity index (χ3v) is 3.31. The summed E-state index contributed by atoms with van der Waals surface area (Å²) in [6, 6.07) is 5.28. The summed E-state index contributed by atoms with van der Waals surface area (Å²) < 4.78 is 10.5. The van der Waals surface area contributed by atoms with E-state index in [0.29, 0.717) is 46.6 Å². The van der Waals surface area contributed by atoms with E-state index in [-0.39, 0.29) is 5.82 Å². The molecule has 6 heteroatoms. The summed E-state index contributed by atoms with van der Waals surface area (Å²) in [5.74, 6) is 0.905. The average molecular weight is 301 g/mol. The number of rotatable bonds is 5. The molecule has 0 amide bonds. The number of ether oxygens (including phenoxy) is 1. The van der Waals surface area contributed by atoms with Crippen LogP contribution >= 0.6 is 23.2 Å². The van der Waals surface area contributed by atoms with Gasteiger partial charge in [0.1, 0.15) is 5.76 Å². The molecule has 0 saturated carbocycles. The maximum absolute atomic E-state index is 6.19. The SMILES string of the molecule is CCOCCc1onc(N)c1-c1c(Cl)cccc1Cl. The van der Waals surface area contributed by atoms with Gasteiger partial charge in [0.15, 0.2) is 5.82 Å². The number of hydrogen-bond acceptors (Lipinski definition) is 4. The van der Waals surface area contributed by atoms with E-state index >= 15 is 0 Å². The summed E-state index contributed by atoms with van der Waals surface area (Å²) in [6.45, 7) is 3.10. The first-order chi connectivity index (χ1) is 9.15. The molecule has 4 nitrogen and oxygen atoms in total. The standard InChI is InChI=1S/C13H14Cl2N2O2/c1-2-18-7-6-10-12(13(16)17-19-10)11-8(14)4-3-5-9(11)15/h3-5H,2,6-7H2,1H3,(H2,16,17). The highest BCUT2D eigenvalue weighted by Gasteiger charge is 2.20. The molecule has 0 unspecified atom stereocenters. The van der Waals surface area contributed by atoms with Gasteiger partial charge in [0.25, 0.3) is 0 Å². The Labute approximate surface area is 121 Å². The predicted octanol–water partition coefficient (Wildman–Crippen LogP) is 3.81. The number of halogens is 2. The molecule has 1 aromatic heterocycles. The summed E-state index contributed by atoms with van der Waals surface area (Å²) in [6.07, 6.45) is 0.564. The second kappa shape index (κ2) is 6.28. The molecule has 2 aromatic rings. The van der Waals surface area contributed by atoms with Crippen molar-refractivity contribution in [2.75, 3.05) is 18.9 Å². The topological polar surface area (TPSA) is 61.3 Å². The van der Waals surface area contributed by atoms with Crippen molar-refractivity contribution in [2.24, 2.45) is 0 Å². The molecular formula is C13H14Cl2N2O2. The van der Waals surface area contributed by atoms with Crippen molar-refractivity contribution >= 4 is 29.0 Å². The number of anilines is 1. The van der Waals surface area contributed by atoms with Crippen molar-refractivity contribution in [1.29, 1.82) is 0 Å². The Morgan fingerprint density at radius 2 is 1.95 bits per heavy atom. The molecule has 0 bridgehead atoms. The first-order valence-corrected chi connectivity index (χ1v) is 6.66. The molecule has 0 atom stereocenters. The largest absolute Gasteiger partial charge is 0.381 e. The van der Waals surface area contributed by atoms with Crippen LogP contribution in [0.4, 0.5) is 5.82 Å². The molecular weight excluding hydrogens is 287 g/mol. The molecule has 1 aromatic carbocycles. The minimum Gasteiger partial charge on any atom is -0.381 e. The van der Waals surface area contributed by atoms with Crippen molar-refractivity contribution in [3.05, 3.63) is 34.0 Å². The lowest BCUT2D eigenvalue weighted by Crippen LogP contribution is -1.99. The van der Waals surface area contributed by atoms with E-state index in [2.05, 4.69) is 5.16 Å². The molecule has 102 valence electrons. The highest BCUT2D eigenvalue weighted by molar-refractivity contribution is 6.39. The number of nitrogens with two attached hydrogens (primary N) is 1. The Morgan fingerprint density at radius 1 is 1.26 bits per heavy atom. The molecule has 0 fully saturated rings. The number of aromatic nitrogens is 1. The molecule has 0 saturated heterocycles.